The second kappa shape index (κ2) is 14.7. The molecule has 0 aromatic heterocycles. The van der Waals surface area contributed by atoms with Gasteiger partial charge >= 0.3 is 0 Å². The molecule has 1 N–H and O–H groups in total. The summed E-state index contributed by atoms with van der Waals surface area (Å²) in [6.07, 6.45) is 1.73. The van der Waals surface area contributed by atoms with E-state index in [4.69, 9.17) is 16.3 Å². The molecule has 0 bridgehead atoms. The predicted octanol–water partition coefficient (Wildman–Crippen LogP) is 4.67. The second-order valence-electron chi connectivity index (χ2n) is 9.31. The third kappa shape index (κ3) is 8.72. The van der Waals surface area contributed by atoms with E-state index in [0.29, 0.717) is 29.5 Å². The monoisotopic (exact) mass is 585 g/mol. The van der Waals surface area contributed by atoms with Crippen molar-refractivity contribution in [2.24, 2.45) is 0 Å². The van der Waals surface area contributed by atoms with E-state index in [1.807, 2.05) is 43.3 Å². The molecular weight excluding hydrogens is 550 g/mol. The van der Waals surface area contributed by atoms with E-state index in [-0.39, 0.29) is 37.7 Å². The SMILES string of the molecule is CCOc1ccccc1N(CCCC(=O)N(Cc1cccc(Cl)c1)C(Cc1ccccc1)C(=O)NC)S(C)(=O)=O. The Hall–Kier alpha value is -3.56. The molecule has 0 heterocycles. The molecule has 214 valence electrons. The fourth-order valence-electron chi connectivity index (χ4n) is 4.48. The summed E-state index contributed by atoms with van der Waals surface area (Å²) < 4.78 is 32.3. The fourth-order valence-corrected chi connectivity index (χ4v) is 5.66. The maximum absolute atomic E-state index is 13.7. The van der Waals surface area contributed by atoms with Gasteiger partial charge in [-0.05, 0) is 48.7 Å². The fraction of sp³-hybridized carbons (Fsp3) is 0.333. The summed E-state index contributed by atoms with van der Waals surface area (Å²) in [6, 6.07) is 22.8. The smallest absolute Gasteiger partial charge is 0.242 e. The van der Waals surface area contributed by atoms with Gasteiger partial charge in [0.25, 0.3) is 0 Å². The first kappa shape index (κ1) is 31.0. The van der Waals surface area contributed by atoms with Crippen molar-refractivity contribution in [2.45, 2.75) is 38.8 Å². The number of hydrogen-bond donors (Lipinski definition) is 1. The zero-order chi connectivity index (χ0) is 29.1. The van der Waals surface area contributed by atoms with Crippen LogP contribution in [0.25, 0.3) is 0 Å². The van der Waals surface area contributed by atoms with E-state index in [0.717, 1.165) is 17.4 Å². The average Bonchev–Trinajstić information content (AvgIpc) is 2.93. The highest BCUT2D eigenvalue weighted by molar-refractivity contribution is 7.92. The number of sulfonamides is 1. The van der Waals surface area contributed by atoms with Crippen LogP contribution in [0.5, 0.6) is 5.75 Å². The Bertz CT molecular complexity index is 1380. The summed E-state index contributed by atoms with van der Waals surface area (Å²) >= 11 is 6.21. The van der Waals surface area contributed by atoms with Gasteiger partial charge in [0, 0.05) is 38.0 Å². The number of hydrogen-bond acceptors (Lipinski definition) is 5. The number of para-hydroxylation sites is 2. The first-order valence-corrected chi connectivity index (χ1v) is 15.4. The number of halogens is 1. The van der Waals surface area contributed by atoms with Crippen LogP contribution in [0, 0.1) is 0 Å². The largest absolute Gasteiger partial charge is 0.492 e. The highest BCUT2D eigenvalue weighted by Crippen LogP contribution is 2.30. The maximum atomic E-state index is 13.7. The van der Waals surface area contributed by atoms with E-state index in [1.54, 1.807) is 54.4 Å². The van der Waals surface area contributed by atoms with Crippen molar-refractivity contribution in [3.05, 3.63) is 95.0 Å². The molecule has 0 saturated carbocycles. The van der Waals surface area contributed by atoms with Crippen LogP contribution >= 0.6 is 11.6 Å². The zero-order valence-electron chi connectivity index (χ0n) is 23.0. The summed E-state index contributed by atoms with van der Waals surface area (Å²) in [7, 11) is -2.11. The molecule has 40 heavy (non-hydrogen) atoms. The lowest BCUT2D eigenvalue weighted by Gasteiger charge is -2.31. The van der Waals surface area contributed by atoms with E-state index in [9.17, 15) is 18.0 Å². The summed E-state index contributed by atoms with van der Waals surface area (Å²) in [5.74, 6) is -0.106. The Balaban J connectivity index is 1.86. The summed E-state index contributed by atoms with van der Waals surface area (Å²) in [6.45, 7) is 2.46. The van der Waals surface area contributed by atoms with Crippen molar-refractivity contribution in [3.8, 4) is 5.75 Å². The molecule has 3 aromatic carbocycles. The lowest BCUT2D eigenvalue weighted by Crippen LogP contribution is -2.49. The van der Waals surface area contributed by atoms with E-state index in [1.165, 1.54) is 4.31 Å². The van der Waals surface area contributed by atoms with Crippen molar-refractivity contribution in [1.29, 1.82) is 0 Å². The molecular formula is C30H36ClN3O5S. The Labute approximate surface area is 241 Å². The molecule has 0 fully saturated rings. The number of nitrogens with one attached hydrogen (secondary N) is 1. The van der Waals surface area contributed by atoms with Crippen molar-refractivity contribution in [3.63, 3.8) is 0 Å². The molecule has 0 radical (unpaired) electrons. The van der Waals surface area contributed by atoms with Crippen molar-refractivity contribution >= 4 is 39.1 Å². The molecule has 10 heteroatoms. The summed E-state index contributed by atoms with van der Waals surface area (Å²) in [5, 5.41) is 3.22. The number of ether oxygens (including phenoxy) is 1. The molecule has 0 saturated heterocycles. The zero-order valence-corrected chi connectivity index (χ0v) is 24.6. The minimum Gasteiger partial charge on any atom is -0.492 e. The quantitative estimate of drug-likeness (QED) is 0.297. The summed E-state index contributed by atoms with van der Waals surface area (Å²) in [4.78, 5) is 28.4. The van der Waals surface area contributed by atoms with Gasteiger partial charge in [-0.25, -0.2) is 8.42 Å². The van der Waals surface area contributed by atoms with Crippen LogP contribution in [-0.4, -0.2) is 57.6 Å². The molecule has 3 rings (SSSR count). The van der Waals surface area contributed by atoms with Gasteiger partial charge in [0.15, 0.2) is 0 Å². The van der Waals surface area contributed by atoms with E-state index >= 15 is 0 Å². The highest BCUT2D eigenvalue weighted by Gasteiger charge is 2.30. The number of nitrogens with zero attached hydrogens (tertiary/aromatic N) is 2. The highest BCUT2D eigenvalue weighted by atomic mass is 35.5. The number of anilines is 1. The molecule has 3 aromatic rings. The number of carbonyl (C=O) groups excluding carboxylic acids is 2. The molecule has 2 amide bonds. The Kier molecular flexibility index (Phi) is 11.4. The van der Waals surface area contributed by atoms with Crippen LogP contribution < -0.4 is 14.4 Å². The number of carbonyl (C=O) groups is 2. The van der Waals surface area contributed by atoms with Gasteiger partial charge in [0.2, 0.25) is 21.8 Å². The van der Waals surface area contributed by atoms with Crippen molar-refractivity contribution in [1.82, 2.24) is 10.2 Å². The Morgan fingerprint density at radius 1 is 0.975 bits per heavy atom. The topological polar surface area (TPSA) is 96.0 Å². The van der Waals surface area contributed by atoms with Gasteiger partial charge < -0.3 is 15.0 Å². The van der Waals surface area contributed by atoms with E-state index < -0.39 is 16.1 Å². The van der Waals surface area contributed by atoms with Crippen LogP contribution in [0.15, 0.2) is 78.9 Å². The molecule has 0 spiro atoms. The minimum atomic E-state index is -3.66. The molecule has 0 aliphatic rings. The third-order valence-corrected chi connectivity index (χ3v) is 7.76. The molecule has 0 aliphatic heterocycles. The second-order valence-corrected chi connectivity index (χ2v) is 11.7. The Morgan fingerprint density at radius 3 is 2.30 bits per heavy atom. The van der Waals surface area contributed by atoms with E-state index in [2.05, 4.69) is 5.32 Å². The van der Waals surface area contributed by atoms with Crippen molar-refractivity contribution < 1.29 is 22.7 Å². The maximum Gasteiger partial charge on any atom is 0.242 e. The van der Waals surface area contributed by atoms with Gasteiger partial charge in [-0.1, -0.05) is 66.2 Å². The molecule has 1 unspecified atom stereocenters. The predicted molar refractivity (Wildman–Crippen MR) is 159 cm³/mol. The van der Waals surface area contributed by atoms with Gasteiger partial charge in [-0.15, -0.1) is 0 Å². The van der Waals surface area contributed by atoms with Gasteiger partial charge in [0.05, 0.1) is 18.6 Å². The van der Waals surface area contributed by atoms with Crippen LogP contribution in [0.4, 0.5) is 5.69 Å². The van der Waals surface area contributed by atoms with Crippen LogP contribution in [0.3, 0.4) is 0 Å². The van der Waals surface area contributed by atoms with Crippen LogP contribution in [0.1, 0.15) is 30.9 Å². The first-order valence-electron chi connectivity index (χ1n) is 13.1. The third-order valence-electron chi connectivity index (χ3n) is 6.35. The van der Waals surface area contributed by atoms with Gasteiger partial charge in [0.1, 0.15) is 11.8 Å². The number of amides is 2. The van der Waals surface area contributed by atoms with Crippen LogP contribution in [0.2, 0.25) is 5.02 Å². The molecule has 8 nitrogen and oxygen atoms in total. The molecule has 0 aliphatic carbocycles. The number of rotatable bonds is 14. The normalized spacial score (nSPS) is 11.9. The lowest BCUT2D eigenvalue weighted by molar-refractivity contribution is -0.141. The first-order chi connectivity index (χ1) is 19.1. The minimum absolute atomic E-state index is 0.0334. The average molecular weight is 586 g/mol. The van der Waals surface area contributed by atoms with Gasteiger partial charge in [-0.2, -0.15) is 0 Å². The Morgan fingerprint density at radius 2 is 1.65 bits per heavy atom. The van der Waals surface area contributed by atoms with Crippen LogP contribution in [-0.2, 0) is 32.6 Å². The summed E-state index contributed by atoms with van der Waals surface area (Å²) in [5.41, 5.74) is 2.12. The standard InChI is InChI=1S/C30H36ClN3O5S/c1-4-39-28-17-9-8-16-26(28)34(40(3,37)38)19-11-18-29(35)33(22-24-14-10-15-25(31)20-24)27(30(36)32-2)21-23-12-6-5-7-13-23/h5-10,12-17,20,27H,4,11,18-19,21-22H2,1-3H3,(H,32,36). The number of likely N-dealkylation sites (N-methyl/N-ethyl adjacent to an activating group) is 1. The lowest BCUT2D eigenvalue weighted by atomic mass is 10.0. The number of benzene rings is 3. The molecule has 1 atom stereocenters. The van der Waals surface area contributed by atoms with Gasteiger partial charge in [-0.3, -0.25) is 13.9 Å². The van der Waals surface area contributed by atoms with Crippen molar-refractivity contribution in [2.75, 3.05) is 30.8 Å².